The SMILES string of the molecule is CCCCCCCCCCCCCCCCCC(=O)Oc1cccc2cccnc12. The fraction of sp³-hybridized carbons (Fsp3) is 0.630. The minimum Gasteiger partial charge on any atom is -0.424 e. The second-order valence-electron chi connectivity index (χ2n) is 8.51. The molecule has 30 heavy (non-hydrogen) atoms. The van der Waals surface area contributed by atoms with Gasteiger partial charge in [-0.25, -0.2) is 0 Å². The van der Waals surface area contributed by atoms with Gasteiger partial charge in [0.05, 0.1) is 0 Å². The molecule has 1 aromatic carbocycles. The number of nitrogens with zero attached hydrogens (tertiary/aromatic N) is 1. The Balaban J connectivity index is 1.41. The van der Waals surface area contributed by atoms with Gasteiger partial charge in [0, 0.05) is 18.0 Å². The third-order valence-corrected chi connectivity index (χ3v) is 5.80. The number of pyridine rings is 1. The van der Waals surface area contributed by atoms with Gasteiger partial charge >= 0.3 is 5.97 Å². The van der Waals surface area contributed by atoms with Crippen LogP contribution in [0.15, 0.2) is 36.5 Å². The number of esters is 1. The number of rotatable bonds is 17. The van der Waals surface area contributed by atoms with Crippen LogP contribution in [0.25, 0.3) is 10.9 Å². The monoisotopic (exact) mass is 411 g/mol. The summed E-state index contributed by atoms with van der Waals surface area (Å²) in [6.45, 7) is 2.28. The summed E-state index contributed by atoms with van der Waals surface area (Å²) in [4.78, 5) is 16.5. The summed E-state index contributed by atoms with van der Waals surface area (Å²) in [5.74, 6) is 0.418. The van der Waals surface area contributed by atoms with Gasteiger partial charge in [0.15, 0.2) is 5.75 Å². The first-order valence-electron chi connectivity index (χ1n) is 12.4. The van der Waals surface area contributed by atoms with Crippen molar-refractivity contribution in [1.29, 1.82) is 0 Å². The van der Waals surface area contributed by atoms with Crippen LogP contribution in [0.2, 0.25) is 0 Å². The quantitative estimate of drug-likeness (QED) is 0.149. The maximum absolute atomic E-state index is 12.1. The van der Waals surface area contributed by atoms with Crippen molar-refractivity contribution < 1.29 is 9.53 Å². The summed E-state index contributed by atoms with van der Waals surface area (Å²) >= 11 is 0. The molecule has 2 aromatic rings. The van der Waals surface area contributed by atoms with Crippen molar-refractivity contribution >= 4 is 16.9 Å². The normalized spacial score (nSPS) is 11.1. The first kappa shape index (κ1) is 24.4. The van der Waals surface area contributed by atoms with Crippen LogP contribution in [0.5, 0.6) is 5.75 Å². The smallest absolute Gasteiger partial charge is 0.311 e. The highest BCUT2D eigenvalue weighted by Crippen LogP contribution is 2.23. The van der Waals surface area contributed by atoms with Crippen LogP contribution in [0.3, 0.4) is 0 Å². The molecule has 0 saturated carbocycles. The molecule has 0 N–H and O–H groups in total. The lowest BCUT2D eigenvalue weighted by molar-refractivity contribution is -0.134. The number of benzene rings is 1. The fourth-order valence-electron chi connectivity index (χ4n) is 3.97. The molecule has 0 unspecified atom stereocenters. The molecule has 166 valence electrons. The Bertz CT molecular complexity index is 708. The summed E-state index contributed by atoms with van der Waals surface area (Å²) in [6, 6.07) is 9.58. The molecule has 0 saturated heterocycles. The molecule has 0 aliphatic heterocycles. The number of fused-ring (bicyclic) bond motifs is 1. The molecule has 1 heterocycles. The zero-order valence-electron chi connectivity index (χ0n) is 19.0. The molecule has 0 aliphatic carbocycles. The van der Waals surface area contributed by atoms with E-state index in [4.69, 9.17) is 4.74 Å². The maximum Gasteiger partial charge on any atom is 0.311 e. The van der Waals surface area contributed by atoms with Gasteiger partial charge in [-0.2, -0.15) is 0 Å². The van der Waals surface area contributed by atoms with Crippen molar-refractivity contribution in [2.24, 2.45) is 0 Å². The molecular formula is C27H41NO2. The van der Waals surface area contributed by atoms with Gasteiger partial charge in [0.1, 0.15) is 5.52 Å². The number of aromatic nitrogens is 1. The van der Waals surface area contributed by atoms with E-state index in [0.717, 1.165) is 23.7 Å². The molecule has 0 fully saturated rings. The summed E-state index contributed by atoms with van der Waals surface area (Å²) in [5, 5.41) is 0.995. The highest BCUT2D eigenvalue weighted by molar-refractivity contribution is 5.86. The molecule has 0 aliphatic rings. The minimum atomic E-state index is -0.150. The van der Waals surface area contributed by atoms with Crippen molar-refractivity contribution in [2.45, 2.75) is 110 Å². The predicted molar refractivity (Wildman–Crippen MR) is 127 cm³/mol. The van der Waals surface area contributed by atoms with Crippen LogP contribution in [0, 0.1) is 0 Å². The number of ether oxygens (including phenoxy) is 1. The number of hydrogen-bond donors (Lipinski definition) is 0. The average Bonchev–Trinajstić information content (AvgIpc) is 2.76. The third-order valence-electron chi connectivity index (χ3n) is 5.80. The standard InChI is InChI=1S/C27H41NO2/c1-2-3-4-5-6-7-8-9-10-11-12-13-14-15-16-22-26(29)30-25-21-17-19-24-20-18-23-28-27(24)25/h17-21,23H,2-16,22H2,1H3. The Morgan fingerprint density at radius 2 is 1.27 bits per heavy atom. The van der Waals surface area contributed by atoms with Crippen LogP contribution in [-0.2, 0) is 4.79 Å². The molecule has 3 nitrogen and oxygen atoms in total. The molecule has 0 amide bonds. The Labute approximate surface area is 183 Å². The van der Waals surface area contributed by atoms with Crippen molar-refractivity contribution in [3.63, 3.8) is 0 Å². The van der Waals surface area contributed by atoms with E-state index in [1.54, 1.807) is 6.20 Å². The number of unbranched alkanes of at least 4 members (excludes halogenated alkanes) is 14. The van der Waals surface area contributed by atoms with Crippen LogP contribution in [0.4, 0.5) is 0 Å². The van der Waals surface area contributed by atoms with Gasteiger partial charge in [-0.1, -0.05) is 115 Å². The summed E-state index contributed by atoms with van der Waals surface area (Å²) in [7, 11) is 0. The molecule has 0 atom stereocenters. The summed E-state index contributed by atoms with van der Waals surface area (Å²) in [5.41, 5.74) is 0.754. The Hall–Kier alpha value is -1.90. The summed E-state index contributed by atoms with van der Waals surface area (Å²) in [6.07, 6.45) is 22.1. The lowest BCUT2D eigenvalue weighted by atomic mass is 10.0. The first-order chi connectivity index (χ1) is 14.8. The first-order valence-corrected chi connectivity index (χ1v) is 12.4. The van der Waals surface area contributed by atoms with Gasteiger partial charge in [-0.15, -0.1) is 0 Å². The number of hydrogen-bond acceptors (Lipinski definition) is 3. The predicted octanol–water partition coefficient (Wildman–Crippen LogP) is 8.40. The van der Waals surface area contributed by atoms with E-state index in [0.29, 0.717) is 12.2 Å². The van der Waals surface area contributed by atoms with Crippen LogP contribution < -0.4 is 4.74 Å². The van der Waals surface area contributed by atoms with E-state index < -0.39 is 0 Å². The molecule has 2 rings (SSSR count). The van der Waals surface area contributed by atoms with Gasteiger partial charge in [-0.3, -0.25) is 9.78 Å². The van der Waals surface area contributed by atoms with Crippen LogP contribution in [0.1, 0.15) is 110 Å². The van der Waals surface area contributed by atoms with Gasteiger partial charge in [0.2, 0.25) is 0 Å². The topological polar surface area (TPSA) is 39.2 Å². The lowest BCUT2D eigenvalue weighted by Crippen LogP contribution is -2.08. The zero-order chi connectivity index (χ0) is 21.3. The van der Waals surface area contributed by atoms with E-state index in [9.17, 15) is 4.79 Å². The summed E-state index contributed by atoms with van der Waals surface area (Å²) < 4.78 is 5.55. The van der Waals surface area contributed by atoms with Crippen molar-refractivity contribution in [2.75, 3.05) is 0 Å². The van der Waals surface area contributed by atoms with E-state index in [1.165, 1.54) is 83.5 Å². The fourth-order valence-corrected chi connectivity index (χ4v) is 3.97. The minimum absolute atomic E-state index is 0.150. The van der Waals surface area contributed by atoms with Crippen LogP contribution >= 0.6 is 0 Å². The van der Waals surface area contributed by atoms with Gasteiger partial charge in [-0.05, 0) is 18.6 Å². The molecule has 1 aromatic heterocycles. The highest BCUT2D eigenvalue weighted by Gasteiger charge is 2.08. The number of carbonyl (C=O) groups is 1. The zero-order valence-corrected chi connectivity index (χ0v) is 19.0. The number of carbonyl (C=O) groups excluding carboxylic acids is 1. The molecular weight excluding hydrogens is 370 g/mol. The Morgan fingerprint density at radius 1 is 0.733 bits per heavy atom. The second kappa shape index (κ2) is 15.9. The molecule has 0 radical (unpaired) electrons. The van der Waals surface area contributed by atoms with Crippen molar-refractivity contribution in [3.05, 3.63) is 36.5 Å². The third kappa shape index (κ3) is 10.2. The van der Waals surface area contributed by atoms with E-state index in [2.05, 4.69) is 11.9 Å². The average molecular weight is 412 g/mol. The molecule has 3 heteroatoms. The van der Waals surface area contributed by atoms with Crippen LogP contribution in [-0.4, -0.2) is 11.0 Å². The van der Waals surface area contributed by atoms with E-state index in [-0.39, 0.29) is 5.97 Å². The lowest BCUT2D eigenvalue weighted by Gasteiger charge is -2.07. The van der Waals surface area contributed by atoms with E-state index >= 15 is 0 Å². The Morgan fingerprint density at radius 3 is 1.87 bits per heavy atom. The van der Waals surface area contributed by atoms with Gasteiger partial charge < -0.3 is 4.74 Å². The highest BCUT2D eigenvalue weighted by atomic mass is 16.5. The number of para-hydroxylation sites is 1. The van der Waals surface area contributed by atoms with Crippen molar-refractivity contribution in [1.82, 2.24) is 4.98 Å². The van der Waals surface area contributed by atoms with Crippen molar-refractivity contribution in [3.8, 4) is 5.75 Å². The molecule has 0 spiro atoms. The second-order valence-corrected chi connectivity index (χ2v) is 8.51. The Kier molecular flexibility index (Phi) is 12.9. The van der Waals surface area contributed by atoms with Gasteiger partial charge in [0.25, 0.3) is 0 Å². The largest absolute Gasteiger partial charge is 0.424 e. The molecule has 0 bridgehead atoms. The maximum atomic E-state index is 12.1. The van der Waals surface area contributed by atoms with E-state index in [1.807, 2.05) is 30.3 Å².